The minimum atomic E-state index is -1.12. The number of carbonyl (C=O) groups is 2. The normalized spacial score (nSPS) is 8.93. The average Bonchev–Trinajstić information content (AvgIpc) is 2.03. The van der Waals surface area contributed by atoms with Crippen LogP contribution in [0, 0.1) is 0 Å². The first-order valence-corrected chi connectivity index (χ1v) is 3.76. The van der Waals surface area contributed by atoms with Crippen molar-refractivity contribution in [2.45, 2.75) is 4.90 Å². The average molecular weight is 222 g/mol. The van der Waals surface area contributed by atoms with E-state index in [2.05, 4.69) is 12.6 Å². The number of hydrogen-bond acceptors (Lipinski definition) is 3. The van der Waals surface area contributed by atoms with Gasteiger partial charge in [0.25, 0.3) is 0 Å². The van der Waals surface area contributed by atoms with E-state index in [0.29, 0.717) is 0 Å². The van der Waals surface area contributed by atoms with E-state index in [1.165, 1.54) is 18.2 Å². The van der Waals surface area contributed by atoms with Crippen molar-refractivity contribution in [1.29, 1.82) is 0 Å². The van der Waals surface area contributed by atoms with E-state index >= 15 is 0 Å². The zero-order valence-electron chi connectivity index (χ0n) is 8.39. The van der Waals surface area contributed by atoms with Gasteiger partial charge in [-0.05, 0) is 18.2 Å². The fraction of sp³-hybridized carbons (Fsp3) is 0. The summed E-state index contributed by atoms with van der Waals surface area (Å²) in [6, 6.07) is 3.65. The van der Waals surface area contributed by atoms with Crippen LogP contribution in [0.5, 0.6) is 0 Å². The summed E-state index contributed by atoms with van der Waals surface area (Å²) < 4.78 is 0. The van der Waals surface area contributed by atoms with Crippen molar-refractivity contribution >= 4 is 24.6 Å². The molecule has 0 radical (unpaired) electrons. The van der Waals surface area contributed by atoms with E-state index in [9.17, 15) is 9.59 Å². The number of carboxylic acids is 2. The van der Waals surface area contributed by atoms with Gasteiger partial charge in [-0.15, -0.1) is 12.6 Å². The second kappa shape index (κ2) is 5.41. The summed E-state index contributed by atoms with van der Waals surface area (Å²) >= 11 is 3.86. The SMILES string of the molecule is O=C(O)c1ccc(C(=O)O)c(S)c1.[H-].[Na+]. The molecule has 6 heteroatoms. The van der Waals surface area contributed by atoms with Crippen molar-refractivity contribution in [3.8, 4) is 0 Å². The van der Waals surface area contributed by atoms with Gasteiger partial charge in [-0.1, -0.05) is 0 Å². The Hall–Kier alpha value is -0.490. The molecular formula is C8H7NaO4S. The minimum absolute atomic E-state index is 0. The molecule has 0 saturated carbocycles. The van der Waals surface area contributed by atoms with E-state index in [1.807, 2.05) is 0 Å². The second-order valence-corrected chi connectivity index (χ2v) is 2.82. The maximum absolute atomic E-state index is 10.5. The van der Waals surface area contributed by atoms with E-state index in [-0.39, 0.29) is 47.0 Å². The first-order valence-electron chi connectivity index (χ1n) is 3.32. The molecule has 0 unspecified atom stereocenters. The molecule has 0 aliphatic rings. The Kier molecular flexibility index (Phi) is 5.22. The van der Waals surface area contributed by atoms with Crippen molar-refractivity contribution in [1.82, 2.24) is 0 Å². The standard InChI is InChI=1S/C8H6O4S.Na.H/c9-7(10)4-1-2-5(8(11)12)6(13)3-4;;/h1-3,13H,(H,9,10)(H,11,12);;/q;+1;-1. The van der Waals surface area contributed by atoms with Gasteiger partial charge in [-0.2, -0.15) is 0 Å². The predicted octanol–water partition coefficient (Wildman–Crippen LogP) is -1.51. The predicted molar refractivity (Wildman–Crippen MR) is 48.7 cm³/mol. The van der Waals surface area contributed by atoms with Crippen LogP contribution in [0.2, 0.25) is 0 Å². The number of hydrogen-bond donors (Lipinski definition) is 3. The molecule has 0 bridgehead atoms. The molecule has 0 saturated heterocycles. The van der Waals surface area contributed by atoms with E-state index < -0.39 is 11.9 Å². The van der Waals surface area contributed by atoms with Crippen molar-refractivity contribution in [2.75, 3.05) is 0 Å². The maximum Gasteiger partial charge on any atom is 1.00 e. The van der Waals surface area contributed by atoms with Crippen LogP contribution in [0.4, 0.5) is 0 Å². The molecule has 14 heavy (non-hydrogen) atoms. The largest absolute Gasteiger partial charge is 1.00 e. The van der Waals surface area contributed by atoms with Gasteiger partial charge in [0.15, 0.2) is 0 Å². The van der Waals surface area contributed by atoms with Crippen LogP contribution in [0.15, 0.2) is 23.1 Å². The van der Waals surface area contributed by atoms with Crippen LogP contribution < -0.4 is 29.6 Å². The monoisotopic (exact) mass is 222 g/mol. The zero-order chi connectivity index (χ0) is 10.0. The zero-order valence-corrected chi connectivity index (χ0v) is 10.3. The van der Waals surface area contributed by atoms with Crippen molar-refractivity contribution in [2.24, 2.45) is 0 Å². The molecule has 0 amide bonds. The molecule has 0 aliphatic heterocycles. The molecule has 2 N–H and O–H groups in total. The van der Waals surface area contributed by atoms with Gasteiger partial charge in [-0.25, -0.2) is 9.59 Å². The second-order valence-electron chi connectivity index (χ2n) is 2.34. The van der Waals surface area contributed by atoms with Crippen molar-refractivity contribution in [3.63, 3.8) is 0 Å². The van der Waals surface area contributed by atoms with Gasteiger partial charge >= 0.3 is 41.5 Å². The topological polar surface area (TPSA) is 74.6 Å². The van der Waals surface area contributed by atoms with Crippen LogP contribution in [-0.2, 0) is 0 Å². The smallest absolute Gasteiger partial charge is 1.00 e. The first kappa shape index (κ1) is 13.5. The molecule has 1 rings (SSSR count). The fourth-order valence-electron chi connectivity index (χ4n) is 0.846. The summed E-state index contributed by atoms with van der Waals surface area (Å²) in [5.74, 6) is -2.23. The van der Waals surface area contributed by atoms with Gasteiger partial charge in [-0.3, -0.25) is 0 Å². The quantitative estimate of drug-likeness (QED) is 0.420. The van der Waals surface area contributed by atoms with Crippen LogP contribution >= 0.6 is 12.6 Å². The summed E-state index contributed by atoms with van der Waals surface area (Å²) in [6.07, 6.45) is 0. The number of benzene rings is 1. The summed E-state index contributed by atoms with van der Waals surface area (Å²) in [7, 11) is 0. The van der Waals surface area contributed by atoms with Crippen molar-refractivity contribution < 1.29 is 50.8 Å². The fourth-order valence-corrected chi connectivity index (χ4v) is 1.15. The Morgan fingerprint density at radius 1 is 1.21 bits per heavy atom. The maximum atomic E-state index is 10.5. The van der Waals surface area contributed by atoms with Gasteiger partial charge in [0, 0.05) is 4.90 Å². The number of aromatic carboxylic acids is 2. The third-order valence-electron chi connectivity index (χ3n) is 1.48. The molecular weight excluding hydrogens is 215 g/mol. The van der Waals surface area contributed by atoms with E-state index in [4.69, 9.17) is 10.2 Å². The molecule has 1 aromatic carbocycles. The molecule has 0 aliphatic carbocycles. The van der Waals surface area contributed by atoms with Gasteiger partial charge in [0.2, 0.25) is 0 Å². The Morgan fingerprint density at radius 3 is 2.14 bits per heavy atom. The molecule has 0 atom stereocenters. The van der Waals surface area contributed by atoms with Crippen LogP contribution in [0.1, 0.15) is 22.1 Å². The molecule has 0 aromatic heterocycles. The molecule has 70 valence electrons. The third kappa shape index (κ3) is 3.02. The van der Waals surface area contributed by atoms with Crippen LogP contribution in [-0.4, -0.2) is 22.2 Å². The molecule has 0 heterocycles. The summed E-state index contributed by atoms with van der Waals surface area (Å²) in [5.41, 5.74) is 0.0170. The minimum Gasteiger partial charge on any atom is -1.00 e. The van der Waals surface area contributed by atoms with E-state index in [1.54, 1.807) is 0 Å². The van der Waals surface area contributed by atoms with Gasteiger partial charge in [0.1, 0.15) is 0 Å². The molecule has 1 aromatic rings. The summed E-state index contributed by atoms with van der Waals surface area (Å²) in [6.45, 7) is 0. The van der Waals surface area contributed by atoms with Gasteiger partial charge < -0.3 is 11.6 Å². The Morgan fingerprint density at radius 2 is 1.79 bits per heavy atom. The summed E-state index contributed by atoms with van der Waals surface area (Å²) in [4.78, 5) is 21.1. The third-order valence-corrected chi connectivity index (χ3v) is 1.85. The first-order chi connectivity index (χ1) is 6.02. The number of carboxylic acid groups (broad SMARTS) is 2. The molecule has 4 nitrogen and oxygen atoms in total. The Labute approximate surface area is 109 Å². The van der Waals surface area contributed by atoms with Crippen molar-refractivity contribution in [3.05, 3.63) is 29.3 Å². The Balaban J connectivity index is 0. The Bertz CT molecular complexity index is 383. The molecule has 0 fully saturated rings. The van der Waals surface area contributed by atoms with Crippen LogP contribution in [0.3, 0.4) is 0 Å². The molecule has 0 spiro atoms. The van der Waals surface area contributed by atoms with Crippen LogP contribution in [0.25, 0.3) is 0 Å². The van der Waals surface area contributed by atoms with Gasteiger partial charge in [0.05, 0.1) is 11.1 Å². The number of rotatable bonds is 2. The summed E-state index contributed by atoms with van der Waals surface area (Å²) in [5, 5.41) is 17.2. The number of thiol groups is 1. The van der Waals surface area contributed by atoms with E-state index in [0.717, 1.165) is 0 Å².